The molecular formula is C28H34F2N4O4. The molecule has 2 amide bonds. The number of nitrogens with zero attached hydrogens (tertiary/aromatic N) is 3. The number of ether oxygens (including phenoxy) is 2. The number of carbonyl (C=O) groups is 2. The predicted octanol–water partition coefficient (Wildman–Crippen LogP) is 5.33. The fourth-order valence-corrected chi connectivity index (χ4v) is 4.56. The first-order chi connectivity index (χ1) is 17.9. The number of carbonyl (C=O) groups excluding carboxylic acids is 2. The lowest BCUT2D eigenvalue weighted by molar-refractivity contribution is 0.0242. The molecule has 0 bridgehead atoms. The van der Waals surface area contributed by atoms with E-state index in [-0.39, 0.29) is 24.1 Å². The maximum atomic E-state index is 14.1. The van der Waals surface area contributed by atoms with Crippen LogP contribution in [-0.4, -0.2) is 51.0 Å². The Balaban J connectivity index is 1.55. The Labute approximate surface area is 220 Å². The van der Waals surface area contributed by atoms with Crippen molar-refractivity contribution in [2.75, 3.05) is 13.1 Å². The third-order valence-corrected chi connectivity index (χ3v) is 6.30. The van der Waals surface area contributed by atoms with Gasteiger partial charge in [0.15, 0.2) is 11.4 Å². The summed E-state index contributed by atoms with van der Waals surface area (Å²) in [4.78, 5) is 32.3. The molecule has 0 aliphatic carbocycles. The Morgan fingerprint density at radius 1 is 1.16 bits per heavy atom. The minimum Gasteiger partial charge on any atom is -0.485 e. The number of hydrogen-bond donors (Lipinski definition) is 1. The molecule has 1 fully saturated rings. The number of imidazole rings is 1. The largest absolute Gasteiger partial charge is 0.485 e. The highest BCUT2D eigenvalue weighted by Gasteiger charge is 2.29. The minimum absolute atomic E-state index is 0.184. The molecule has 1 aromatic carbocycles. The van der Waals surface area contributed by atoms with Crippen molar-refractivity contribution < 1.29 is 27.8 Å². The van der Waals surface area contributed by atoms with Crippen molar-refractivity contribution in [3.05, 3.63) is 64.6 Å². The Morgan fingerprint density at radius 2 is 1.87 bits per heavy atom. The van der Waals surface area contributed by atoms with Crippen molar-refractivity contribution in [1.29, 1.82) is 0 Å². The number of amides is 2. The molecule has 0 radical (unpaired) electrons. The average molecular weight is 529 g/mol. The summed E-state index contributed by atoms with van der Waals surface area (Å²) >= 11 is 0. The number of likely N-dealkylation sites (tertiary alicyclic amines) is 1. The van der Waals surface area contributed by atoms with E-state index in [0.717, 1.165) is 24.8 Å². The number of aromatic nitrogens is 2. The highest BCUT2D eigenvalue weighted by Crippen LogP contribution is 2.26. The molecule has 0 spiro atoms. The molecule has 1 saturated heterocycles. The van der Waals surface area contributed by atoms with Gasteiger partial charge in [0.1, 0.15) is 29.5 Å². The van der Waals surface area contributed by atoms with Crippen molar-refractivity contribution in [2.24, 2.45) is 0 Å². The number of halogens is 2. The van der Waals surface area contributed by atoms with Crippen LogP contribution in [0.5, 0.6) is 5.75 Å². The first kappa shape index (κ1) is 27.3. The lowest BCUT2D eigenvalue weighted by Crippen LogP contribution is -2.46. The van der Waals surface area contributed by atoms with Gasteiger partial charge in [-0.25, -0.2) is 18.6 Å². The molecule has 0 saturated carbocycles. The van der Waals surface area contributed by atoms with Crippen LogP contribution in [0, 0.1) is 25.5 Å². The van der Waals surface area contributed by atoms with Crippen LogP contribution < -0.4 is 10.1 Å². The Hall–Kier alpha value is -3.69. The number of fused-ring (bicyclic) bond motifs is 1. The van der Waals surface area contributed by atoms with Gasteiger partial charge >= 0.3 is 6.09 Å². The lowest BCUT2D eigenvalue weighted by atomic mass is 10.1. The molecule has 3 aromatic rings. The van der Waals surface area contributed by atoms with E-state index in [1.165, 1.54) is 18.2 Å². The van der Waals surface area contributed by atoms with E-state index in [1.54, 1.807) is 28.5 Å². The van der Waals surface area contributed by atoms with Crippen LogP contribution in [0.4, 0.5) is 13.6 Å². The van der Waals surface area contributed by atoms with Crippen molar-refractivity contribution in [1.82, 2.24) is 19.6 Å². The fraction of sp³-hybridized carbons (Fsp3) is 0.464. The average Bonchev–Trinajstić information content (AvgIpc) is 2.97. The van der Waals surface area contributed by atoms with Crippen molar-refractivity contribution in [2.45, 2.75) is 72.1 Å². The Bertz CT molecular complexity index is 1330. The van der Waals surface area contributed by atoms with Gasteiger partial charge in [-0.05, 0) is 77.6 Å². The third kappa shape index (κ3) is 6.23. The van der Waals surface area contributed by atoms with E-state index in [0.29, 0.717) is 35.9 Å². The van der Waals surface area contributed by atoms with Gasteiger partial charge in [-0.3, -0.25) is 9.20 Å². The zero-order chi connectivity index (χ0) is 27.6. The van der Waals surface area contributed by atoms with E-state index < -0.39 is 23.3 Å². The maximum Gasteiger partial charge on any atom is 0.410 e. The number of pyridine rings is 1. The summed E-state index contributed by atoms with van der Waals surface area (Å²) in [5.41, 5.74) is 1.17. The van der Waals surface area contributed by atoms with Crippen LogP contribution in [0.2, 0.25) is 0 Å². The van der Waals surface area contributed by atoms with Gasteiger partial charge in [0.2, 0.25) is 0 Å². The van der Waals surface area contributed by atoms with Crippen molar-refractivity contribution in [3.8, 4) is 5.75 Å². The number of benzene rings is 1. The topological polar surface area (TPSA) is 85.2 Å². The number of nitrogens with one attached hydrogen (secondary N) is 1. The summed E-state index contributed by atoms with van der Waals surface area (Å²) < 4.78 is 41.2. The van der Waals surface area contributed by atoms with Crippen LogP contribution in [0.25, 0.3) is 5.65 Å². The van der Waals surface area contributed by atoms with E-state index in [1.807, 2.05) is 27.7 Å². The lowest BCUT2D eigenvalue weighted by Gasteiger charge is -2.28. The van der Waals surface area contributed by atoms with Gasteiger partial charge in [0.05, 0.1) is 11.3 Å². The Morgan fingerprint density at radius 3 is 2.55 bits per heavy atom. The zero-order valence-electron chi connectivity index (χ0n) is 22.4. The molecule has 1 N–H and O–H groups in total. The summed E-state index contributed by atoms with van der Waals surface area (Å²) in [6.45, 7) is 9.60. The third-order valence-electron chi connectivity index (χ3n) is 6.30. The SMILES string of the molecule is Cc1cc(OCc2c(F)cccc2F)c2nc(C)c(C(=O)NC3CCCCN(C(=O)OC(C)(C)C)C3)n2c1. The molecule has 8 nitrogen and oxygen atoms in total. The van der Waals surface area contributed by atoms with Gasteiger partial charge in [0, 0.05) is 25.3 Å². The summed E-state index contributed by atoms with van der Waals surface area (Å²) in [5, 5.41) is 3.06. The summed E-state index contributed by atoms with van der Waals surface area (Å²) in [6, 6.07) is 5.10. The normalized spacial score (nSPS) is 16.3. The zero-order valence-corrected chi connectivity index (χ0v) is 22.4. The molecule has 1 atom stereocenters. The minimum atomic E-state index is -0.697. The van der Waals surface area contributed by atoms with Crippen LogP contribution in [-0.2, 0) is 11.3 Å². The second-order valence-electron chi connectivity index (χ2n) is 10.7. The quantitative estimate of drug-likeness (QED) is 0.484. The smallest absolute Gasteiger partial charge is 0.410 e. The summed E-state index contributed by atoms with van der Waals surface area (Å²) in [7, 11) is 0. The van der Waals surface area contributed by atoms with Gasteiger partial charge in [-0.1, -0.05) is 6.07 Å². The van der Waals surface area contributed by atoms with Gasteiger partial charge in [-0.2, -0.15) is 0 Å². The summed E-state index contributed by atoms with van der Waals surface area (Å²) in [5.74, 6) is -1.42. The highest BCUT2D eigenvalue weighted by molar-refractivity contribution is 5.95. The summed E-state index contributed by atoms with van der Waals surface area (Å²) in [6.07, 6.45) is 3.78. The van der Waals surface area contributed by atoms with E-state index in [9.17, 15) is 18.4 Å². The van der Waals surface area contributed by atoms with E-state index in [4.69, 9.17) is 9.47 Å². The number of aryl methyl sites for hydroxylation is 2. The highest BCUT2D eigenvalue weighted by atomic mass is 19.1. The first-order valence-electron chi connectivity index (χ1n) is 12.8. The molecule has 3 heterocycles. The fourth-order valence-electron chi connectivity index (χ4n) is 4.56. The van der Waals surface area contributed by atoms with Crippen LogP contribution in [0.3, 0.4) is 0 Å². The maximum absolute atomic E-state index is 14.1. The predicted molar refractivity (Wildman–Crippen MR) is 138 cm³/mol. The molecule has 1 aliphatic rings. The van der Waals surface area contributed by atoms with Crippen LogP contribution in [0.15, 0.2) is 30.5 Å². The molecule has 4 rings (SSSR count). The molecule has 38 heavy (non-hydrogen) atoms. The van der Waals surface area contributed by atoms with E-state index >= 15 is 0 Å². The monoisotopic (exact) mass is 528 g/mol. The van der Waals surface area contributed by atoms with Crippen LogP contribution >= 0.6 is 0 Å². The van der Waals surface area contributed by atoms with Crippen molar-refractivity contribution >= 4 is 17.6 Å². The molecule has 1 aliphatic heterocycles. The van der Waals surface area contributed by atoms with Gasteiger partial charge in [-0.15, -0.1) is 0 Å². The van der Waals surface area contributed by atoms with Gasteiger partial charge < -0.3 is 19.7 Å². The molecule has 204 valence electrons. The number of rotatable bonds is 5. The second kappa shape index (κ2) is 11.0. The van der Waals surface area contributed by atoms with Crippen molar-refractivity contribution in [3.63, 3.8) is 0 Å². The van der Waals surface area contributed by atoms with Crippen LogP contribution in [0.1, 0.15) is 67.3 Å². The van der Waals surface area contributed by atoms with Gasteiger partial charge in [0.25, 0.3) is 5.91 Å². The molecular weight excluding hydrogens is 494 g/mol. The van der Waals surface area contributed by atoms with E-state index in [2.05, 4.69) is 10.3 Å². The Kier molecular flexibility index (Phi) is 7.89. The molecule has 2 aromatic heterocycles. The first-order valence-corrected chi connectivity index (χ1v) is 12.8. The number of hydrogen-bond acceptors (Lipinski definition) is 5. The second-order valence-corrected chi connectivity index (χ2v) is 10.7. The molecule has 1 unspecified atom stereocenters. The molecule has 10 heteroatoms. The standard InChI is InChI=1S/C28H34F2N4O4/c1-17-13-23(37-16-20-21(29)10-8-11-22(20)30)25-31-18(2)24(34(25)14-17)26(35)32-19-9-6-7-12-33(15-19)27(36)38-28(3,4)5/h8,10-11,13-14,19H,6-7,9,12,15-16H2,1-5H3,(H,32,35).